The van der Waals surface area contributed by atoms with E-state index in [-0.39, 0.29) is 11.9 Å². The molecule has 0 bridgehead atoms. The van der Waals surface area contributed by atoms with Crippen molar-refractivity contribution in [3.8, 4) is 11.5 Å². The lowest BCUT2D eigenvalue weighted by molar-refractivity contribution is -0.116. The minimum absolute atomic E-state index is 0.214. The third-order valence-corrected chi connectivity index (χ3v) is 5.93. The number of rotatable bonds is 10. The molecule has 1 heterocycles. The summed E-state index contributed by atoms with van der Waals surface area (Å²) >= 11 is 0. The molecule has 0 aliphatic carbocycles. The van der Waals surface area contributed by atoms with Crippen LogP contribution in [0.15, 0.2) is 66.7 Å². The number of aryl methyl sites for hydroxylation is 1. The zero-order valence-electron chi connectivity index (χ0n) is 22.0. The van der Waals surface area contributed by atoms with Gasteiger partial charge in [-0.2, -0.15) is 15.0 Å². The Morgan fingerprint density at radius 1 is 0.737 bits per heavy atom. The molecule has 0 spiro atoms. The normalized spacial score (nSPS) is 11.3. The standard InChI is InChI=1S/C28H31N7O3/c1-17-7-6-8-24(18(17)2)32-25(36)19(3)29-26-33-27(30-20-9-13-22(37-4)14-10-20)35-28(34-26)31-21-11-15-23(38-5)16-12-21/h6-16,19H,1-5H3,(H,32,36)(H3,29,30,31,33,34,35)/t19-/m0/s1. The summed E-state index contributed by atoms with van der Waals surface area (Å²) in [6.07, 6.45) is 0. The van der Waals surface area contributed by atoms with Gasteiger partial charge >= 0.3 is 0 Å². The number of carbonyl (C=O) groups is 1. The van der Waals surface area contributed by atoms with Crippen molar-refractivity contribution in [2.24, 2.45) is 0 Å². The Morgan fingerprint density at radius 3 is 1.74 bits per heavy atom. The second-order valence-corrected chi connectivity index (χ2v) is 8.62. The molecule has 10 nitrogen and oxygen atoms in total. The SMILES string of the molecule is COc1ccc(Nc2nc(Nc3ccc(OC)cc3)nc(N[C@@H](C)C(=O)Nc3cccc(C)c3C)n2)cc1. The van der Waals surface area contributed by atoms with Crippen LogP contribution in [0.5, 0.6) is 11.5 Å². The van der Waals surface area contributed by atoms with E-state index < -0.39 is 6.04 Å². The Bertz CT molecular complexity index is 1330. The minimum Gasteiger partial charge on any atom is -0.497 e. The van der Waals surface area contributed by atoms with Crippen molar-refractivity contribution < 1.29 is 14.3 Å². The molecular formula is C28H31N7O3. The second kappa shape index (κ2) is 11.9. The average molecular weight is 514 g/mol. The lowest BCUT2D eigenvalue weighted by atomic mass is 10.1. The molecule has 0 unspecified atom stereocenters. The van der Waals surface area contributed by atoms with Gasteiger partial charge in [0.05, 0.1) is 14.2 Å². The molecule has 10 heteroatoms. The molecule has 1 atom stereocenters. The molecule has 1 aromatic heterocycles. The van der Waals surface area contributed by atoms with Crippen LogP contribution in [-0.4, -0.2) is 41.1 Å². The van der Waals surface area contributed by atoms with Crippen LogP contribution in [0.1, 0.15) is 18.1 Å². The Labute approximate surface area is 221 Å². The van der Waals surface area contributed by atoms with E-state index in [1.165, 1.54) is 0 Å². The maximum atomic E-state index is 13.0. The van der Waals surface area contributed by atoms with E-state index in [4.69, 9.17) is 9.47 Å². The summed E-state index contributed by atoms with van der Waals surface area (Å²) in [6, 6.07) is 19.9. The molecule has 0 aliphatic heterocycles. The van der Waals surface area contributed by atoms with Gasteiger partial charge in [-0.25, -0.2) is 0 Å². The number of hydrogen-bond donors (Lipinski definition) is 4. The maximum Gasteiger partial charge on any atom is 0.246 e. The predicted octanol–water partition coefficient (Wildman–Crippen LogP) is 5.43. The first-order chi connectivity index (χ1) is 18.3. The average Bonchev–Trinajstić information content (AvgIpc) is 2.92. The Hall–Kier alpha value is -4.86. The minimum atomic E-state index is -0.625. The number of aromatic nitrogens is 3. The van der Waals surface area contributed by atoms with E-state index in [0.717, 1.165) is 39.7 Å². The highest BCUT2D eigenvalue weighted by atomic mass is 16.5. The molecule has 38 heavy (non-hydrogen) atoms. The van der Waals surface area contributed by atoms with Crippen LogP contribution >= 0.6 is 0 Å². The topological polar surface area (TPSA) is 122 Å². The molecule has 0 saturated carbocycles. The molecule has 0 fully saturated rings. The molecule has 0 radical (unpaired) electrons. The molecule has 4 rings (SSSR count). The van der Waals surface area contributed by atoms with Gasteiger partial charge in [-0.15, -0.1) is 0 Å². The second-order valence-electron chi connectivity index (χ2n) is 8.62. The monoisotopic (exact) mass is 513 g/mol. The van der Waals surface area contributed by atoms with Crippen LogP contribution in [0.2, 0.25) is 0 Å². The molecule has 0 saturated heterocycles. The van der Waals surface area contributed by atoms with Gasteiger partial charge in [0.25, 0.3) is 0 Å². The van der Waals surface area contributed by atoms with Crippen molar-refractivity contribution in [1.82, 2.24) is 15.0 Å². The first-order valence-corrected chi connectivity index (χ1v) is 12.1. The number of nitrogens with one attached hydrogen (secondary N) is 4. The number of hydrogen-bond acceptors (Lipinski definition) is 9. The van der Waals surface area contributed by atoms with E-state index in [2.05, 4.69) is 36.2 Å². The largest absolute Gasteiger partial charge is 0.497 e. The third-order valence-electron chi connectivity index (χ3n) is 5.93. The van der Waals surface area contributed by atoms with Crippen LogP contribution in [0.25, 0.3) is 0 Å². The van der Waals surface area contributed by atoms with Crippen LogP contribution < -0.4 is 30.7 Å². The first kappa shape index (κ1) is 26.2. The number of ether oxygens (including phenoxy) is 2. The van der Waals surface area contributed by atoms with Crippen LogP contribution in [0.4, 0.5) is 34.9 Å². The number of methoxy groups -OCH3 is 2. The highest BCUT2D eigenvalue weighted by Gasteiger charge is 2.17. The summed E-state index contributed by atoms with van der Waals surface area (Å²) in [7, 11) is 3.22. The highest BCUT2D eigenvalue weighted by Crippen LogP contribution is 2.23. The summed E-state index contributed by atoms with van der Waals surface area (Å²) in [6.45, 7) is 5.73. The van der Waals surface area contributed by atoms with E-state index in [9.17, 15) is 4.79 Å². The van der Waals surface area contributed by atoms with Crippen molar-refractivity contribution in [2.75, 3.05) is 35.5 Å². The lowest BCUT2D eigenvalue weighted by Crippen LogP contribution is -2.33. The van der Waals surface area contributed by atoms with Gasteiger partial charge in [-0.3, -0.25) is 4.79 Å². The van der Waals surface area contributed by atoms with Crippen LogP contribution in [-0.2, 0) is 4.79 Å². The van der Waals surface area contributed by atoms with Crippen molar-refractivity contribution in [3.63, 3.8) is 0 Å². The van der Waals surface area contributed by atoms with Gasteiger partial charge in [-0.1, -0.05) is 12.1 Å². The molecule has 3 aromatic carbocycles. The van der Waals surface area contributed by atoms with Gasteiger partial charge in [0.1, 0.15) is 17.5 Å². The van der Waals surface area contributed by atoms with Crippen molar-refractivity contribution in [1.29, 1.82) is 0 Å². The molecule has 4 aromatic rings. The summed E-state index contributed by atoms with van der Waals surface area (Å²) in [5, 5.41) is 12.4. The highest BCUT2D eigenvalue weighted by molar-refractivity contribution is 5.96. The number of carbonyl (C=O) groups excluding carboxylic acids is 1. The van der Waals surface area contributed by atoms with Gasteiger partial charge in [0.2, 0.25) is 23.8 Å². The Kier molecular flexibility index (Phi) is 8.22. The molecule has 1 amide bonds. The fourth-order valence-corrected chi connectivity index (χ4v) is 3.55. The van der Waals surface area contributed by atoms with Crippen molar-refractivity contribution in [2.45, 2.75) is 26.8 Å². The molecule has 4 N–H and O–H groups in total. The number of amides is 1. The summed E-state index contributed by atoms with van der Waals surface area (Å²) in [4.78, 5) is 26.4. The van der Waals surface area contributed by atoms with E-state index in [1.54, 1.807) is 21.1 Å². The van der Waals surface area contributed by atoms with Gasteiger partial charge in [0.15, 0.2) is 0 Å². The fraction of sp³-hybridized carbons (Fsp3) is 0.214. The van der Waals surface area contributed by atoms with E-state index in [1.807, 2.05) is 80.6 Å². The fourth-order valence-electron chi connectivity index (χ4n) is 3.55. The van der Waals surface area contributed by atoms with Crippen molar-refractivity contribution >= 4 is 40.8 Å². The third kappa shape index (κ3) is 6.67. The van der Waals surface area contributed by atoms with Crippen LogP contribution in [0, 0.1) is 13.8 Å². The number of anilines is 6. The molecular weight excluding hydrogens is 482 g/mol. The lowest BCUT2D eigenvalue weighted by Gasteiger charge is -2.17. The number of nitrogens with zero attached hydrogens (tertiary/aromatic N) is 3. The van der Waals surface area contributed by atoms with Gasteiger partial charge in [0, 0.05) is 17.1 Å². The summed E-state index contributed by atoms with van der Waals surface area (Å²) in [5.41, 5.74) is 4.41. The first-order valence-electron chi connectivity index (χ1n) is 12.1. The van der Waals surface area contributed by atoms with E-state index >= 15 is 0 Å². The molecule has 196 valence electrons. The number of benzene rings is 3. The zero-order valence-corrected chi connectivity index (χ0v) is 22.0. The Balaban J connectivity index is 1.56. The smallest absolute Gasteiger partial charge is 0.246 e. The zero-order chi connectivity index (χ0) is 27.1. The predicted molar refractivity (Wildman–Crippen MR) is 150 cm³/mol. The van der Waals surface area contributed by atoms with Gasteiger partial charge < -0.3 is 30.7 Å². The van der Waals surface area contributed by atoms with Gasteiger partial charge in [-0.05, 0) is 86.5 Å². The van der Waals surface area contributed by atoms with Crippen LogP contribution in [0.3, 0.4) is 0 Å². The van der Waals surface area contributed by atoms with Crippen molar-refractivity contribution in [3.05, 3.63) is 77.9 Å². The van der Waals surface area contributed by atoms with E-state index in [0.29, 0.717) is 11.9 Å². The Morgan fingerprint density at radius 2 is 1.24 bits per heavy atom. The maximum absolute atomic E-state index is 13.0. The summed E-state index contributed by atoms with van der Waals surface area (Å²) in [5.74, 6) is 2.08. The summed E-state index contributed by atoms with van der Waals surface area (Å²) < 4.78 is 10.5. The molecule has 0 aliphatic rings. The quantitative estimate of drug-likeness (QED) is 0.220.